The Balaban J connectivity index is 1.83. The zero-order valence-corrected chi connectivity index (χ0v) is 17.6. The van der Waals surface area contributed by atoms with Gasteiger partial charge in [0.05, 0.1) is 34.8 Å². The highest BCUT2D eigenvalue weighted by Crippen LogP contribution is 2.46. The minimum Gasteiger partial charge on any atom is -0.366 e. The van der Waals surface area contributed by atoms with Crippen LogP contribution in [-0.2, 0) is 33.3 Å². The van der Waals surface area contributed by atoms with E-state index in [1.165, 1.54) is 23.5 Å². The highest BCUT2D eigenvalue weighted by Gasteiger charge is 2.55. The number of hydrogen-bond acceptors (Lipinski definition) is 10. The van der Waals surface area contributed by atoms with Crippen LogP contribution in [0.25, 0.3) is 0 Å². The fraction of sp³-hybridized carbons (Fsp3) is 0.533. The molecule has 0 radical (unpaired) electrons. The summed E-state index contributed by atoms with van der Waals surface area (Å²) >= 11 is 2.97. The number of hydrogen-bond donors (Lipinski definition) is 0. The van der Waals surface area contributed by atoms with Gasteiger partial charge in [-0.2, -0.15) is 22.1 Å². The second-order valence-electron chi connectivity index (χ2n) is 6.12. The quantitative estimate of drug-likeness (QED) is 0.583. The number of nitrogens with zero attached hydrogens (tertiary/aromatic N) is 1. The monoisotopic (exact) mass is 451 g/mol. The molecule has 5 atom stereocenters. The minimum atomic E-state index is -3.85. The zero-order chi connectivity index (χ0) is 19.8. The summed E-state index contributed by atoms with van der Waals surface area (Å²) in [7, 11) is -7.67. The largest absolute Gasteiger partial charge is 0.366 e. The maximum absolute atomic E-state index is 11.7. The minimum absolute atomic E-state index is 0.228. The molecule has 27 heavy (non-hydrogen) atoms. The molecule has 1 aromatic carbocycles. The smallest absolute Gasteiger partial charge is 0.264 e. The number of thioether (sulfide) groups is 2. The Morgan fingerprint density at radius 3 is 2.26 bits per heavy atom. The molecule has 1 aromatic rings. The molecule has 2 bridgehead atoms. The molecule has 12 heteroatoms. The Labute approximate surface area is 166 Å². The van der Waals surface area contributed by atoms with E-state index in [1.54, 1.807) is 24.3 Å². The Hall–Kier alpha value is -0.810. The van der Waals surface area contributed by atoms with E-state index >= 15 is 0 Å². The Kier molecular flexibility index (Phi) is 6.12. The van der Waals surface area contributed by atoms with Crippen molar-refractivity contribution in [3.05, 3.63) is 29.8 Å². The van der Waals surface area contributed by atoms with Gasteiger partial charge in [-0.05, 0) is 24.3 Å². The van der Waals surface area contributed by atoms with Gasteiger partial charge in [0.1, 0.15) is 18.3 Å². The summed E-state index contributed by atoms with van der Waals surface area (Å²) in [5.74, 6) is 0.439. The van der Waals surface area contributed by atoms with Crippen molar-refractivity contribution in [3.63, 3.8) is 0 Å². The molecule has 0 aliphatic carbocycles. The molecule has 0 unspecified atom stereocenters. The first-order chi connectivity index (χ1) is 12.6. The van der Waals surface area contributed by atoms with Crippen LogP contribution in [0, 0.1) is 11.3 Å². The summed E-state index contributed by atoms with van der Waals surface area (Å²) in [5, 5.41) is 8.88. The van der Waals surface area contributed by atoms with E-state index in [4.69, 9.17) is 18.4 Å². The molecule has 2 aliphatic rings. The molecule has 2 heterocycles. The van der Waals surface area contributed by atoms with Crippen molar-refractivity contribution < 1.29 is 29.9 Å². The van der Waals surface area contributed by atoms with E-state index in [0.717, 1.165) is 17.4 Å². The van der Waals surface area contributed by atoms with Gasteiger partial charge in [-0.15, -0.1) is 23.5 Å². The fourth-order valence-corrected chi connectivity index (χ4v) is 6.94. The van der Waals surface area contributed by atoms with Gasteiger partial charge in [0, 0.05) is 10.6 Å². The highest BCUT2D eigenvalue weighted by molar-refractivity contribution is 8.17. The molecule has 0 N–H and O–H groups in total. The lowest BCUT2D eigenvalue weighted by molar-refractivity contribution is 0.0288. The van der Waals surface area contributed by atoms with E-state index in [-0.39, 0.29) is 4.58 Å². The normalized spacial score (nSPS) is 30.8. The van der Waals surface area contributed by atoms with Crippen molar-refractivity contribution >= 4 is 43.8 Å². The lowest BCUT2D eigenvalue weighted by Gasteiger charge is -2.29. The average molecular weight is 452 g/mol. The summed E-state index contributed by atoms with van der Waals surface area (Å²) in [5.41, 5.74) is 0.535. The molecule has 3 rings (SSSR count). The topological polar surface area (TPSA) is 120 Å². The van der Waals surface area contributed by atoms with Crippen LogP contribution in [-0.4, -0.2) is 64.1 Å². The molecular weight excluding hydrogens is 434 g/mol. The zero-order valence-electron chi connectivity index (χ0n) is 14.3. The van der Waals surface area contributed by atoms with Crippen molar-refractivity contribution in [1.29, 1.82) is 5.26 Å². The standard InChI is InChI=1S/C15H17NO7S4/c1-26(17,18)22-12-11-8-24-15(14(21-11)13(12)23-27(2,19)20)25-10-5-3-9(7-16)4-6-10/h3-6,11-15H,8H2,1-2H3/t11-,12-,13+,14-,15-/m1/s1. The number of nitriles is 1. The number of ether oxygens (including phenoxy) is 1. The lowest BCUT2D eigenvalue weighted by atomic mass is 10.1. The molecule has 0 saturated carbocycles. The summed E-state index contributed by atoms with van der Waals surface area (Å²) in [4.78, 5) is 0.874. The number of fused-ring (bicyclic) bond motifs is 2. The molecule has 2 aliphatic heterocycles. The van der Waals surface area contributed by atoms with Gasteiger partial charge in [0.25, 0.3) is 20.2 Å². The van der Waals surface area contributed by atoms with Gasteiger partial charge in [0.2, 0.25) is 0 Å². The van der Waals surface area contributed by atoms with Crippen LogP contribution in [0.5, 0.6) is 0 Å². The van der Waals surface area contributed by atoms with E-state index in [2.05, 4.69) is 0 Å². The first kappa shape index (κ1) is 20.9. The van der Waals surface area contributed by atoms with Crippen molar-refractivity contribution in [3.8, 4) is 6.07 Å². The van der Waals surface area contributed by atoms with Crippen molar-refractivity contribution in [2.75, 3.05) is 18.3 Å². The first-order valence-electron chi connectivity index (χ1n) is 7.76. The van der Waals surface area contributed by atoms with Crippen LogP contribution < -0.4 is 0 Å². The van der Waals surface area contributed by atoms with Gasteiger partial charge in [0.15, 0.2) is 0 Å². The highest BCUT2D eigenvalue weighted by atomic mass is 32.2. The molecule has 2 fully saturated rings. The second kappa shape index (κ2) is 7.90. The van der Waals surface area contributed by atoms with Crippen LogP contribution >= 0.6 is 23.5 Å². The summed E-state index contributed by atoms with van der Waals surface area (Å²) in [6, 6.07) is 9.01. The van der Waals surface area contributed by atoms with Crippen LogP contribution in [0.2, 0.25) is 0 Å². The fourth-order valence-electron chi connectivity index (χ4n) is 2.87. The van der Waals surface area contributed by atoms with Crippen LogP contribution in [0.1, 0.15) is 5.56 Å². The Morgan fingerprint density at radius 1 is 1.11 bits per heavy atom. The van der Waals surface area contributed by atoms with Crippen LogP contribution in [0.3, 0.4) is 0 Å². The summed E-state index contributed by atoms with van der Waals surface area (Å²) in [6.07, 6.45) is -1.54. The molecule has 8 nitrogen and oxygen atoms in total. The Bertz CT molecular complexity index is 939. The van der Waals surface area contributed by atoms with E-state index in [0.29, 0.717) is 11.3 Å². The van der Waals surface area contributed by atoms with Crippen molar-refractivity contribution in [1.82, 2.24) is 0 Å². The first-order valence-corrected chi connectivity index (χ1v) is 13.3. The maximum atomic E-state index is 11.7. The third-order valence-electron chi connectivity index (χ3n) is 3.85. The molecule has 0 amide bonds. The molecular formula is C15H17NO7S4. The molecule has 2 saturated heterocycles. The van der Waals surface area contributed by atoms with Crippen molar-refractivity contribution in [2.24, 2.45) is 0 Å². The third kappa shape index (κ3) is 5.38. The van der Waals surface area contributed by atoms with Gasteiger partial charge < -0.3 is 4.74 Å². The van der Waals surface area contributed by atoms with Crippen LogP contribution in [0.4, 0.5) is 0 Å². The maximum Gasteiger partial charge on any atom is 0.264 e. The molecule has 0 spiro atoms. The van der Waals surface area contributed by atoms with E-state index in [9.17, 15) is 16.8 Å². The molecule has 148 valence electrons. The third-order valence-corrected chi connectivity index (χ3v) is 7.85. The van der Waals surface area contributed by atoms with Gasteiger partial charge in [-0.3, -0.25) is 8.37 Å². The van der Waals surface area contributed by atoms with Crippen LogP contribution in [0.15, 0.2) is 29.2 Å². The predicted octanol–water partition coefficient (Wildman–Crippen LogP) is 1.18. The van der Waals surface area contributed by atoms with Gasteiger partial charge in [-0.1, -0.05) is 0 Å². The lowest BCUT2D eigenvalue weighted by Crippen LogP contribution is -2.41. The summed E-state index contributed by atoms with van der Waals surface area (Å²) < 4.78 is 62.5. The summed E-state index contributed by atoms with van der Waals surface area (Å²) in [6.45, 7) is 0. The number of rotatable bonds is 6. The second-order valence-corrected chi connectivity index (χ2v) is 12.0. The van der Waals surface area contributed by atoms with Gasteiger partial charge in [-0.25, -0.2) is 0 Å². The van der Waals surface area contributed by atoms with E-state index < -0.39 is 44.7 Å². The Morgan fingerprint density at radius 2 is 1.70 bits per heavy atom. The number of benzene rings is 1. The van der Waals surface area contributed by atoms with E-state index in [1.807, 2.05) is 6.07 Å². The van der Waals surface area contributed by atoms with Gasteiger partial charge >= 0.3 is 0 Å². The SMILES string of the molecule is CS(=O)(=O)O[C@@H]1[C@H]2O[C@H](CS[C@@H]2Sc2ccc(C#N)cc2)[C@H]1OS(C)(=O)=O. The predicted molar refractivity (Wildman–Crippen MR) is 101 cm³/mol. The molecule has 0 aromatic heterocycles. The van der Waals surface area contributed by atoms with Crippen molar-refractivity contribution in [2.45, 2.75) is 33.9 Å². The average Bonchev–Trinajstić information content (AvgIpc) is 2.81.